The highest BCUT2D eigenvalue weighted by molar-refractivity contribution is 6.39. The van der Waals surface area contributed by atoms with E-state index in [1.54, 1.807) is 24.3 Å². The molecule has 0 spiro atoms. The number of rotatable bonds is 2. The van der Waals surface area contributed by atoms with E-state index in [0.717, 1.165) is 54.2 Å². The second kappa shape index (κ2) is 7.11. The number of nitrogens with one attached hydrogen (secondary N) is 1. The lowest BCUT2D eigenvalue weighted by molar-refractivity contribution is -0.383. The lowest BCUT2D eigenvalue weighted by atomic mass is 9.83. The maximum Gasteiger partial charge on any atom is 0.277 e. The third-order valence-electron chi connectivity index (χ3n) is 7.88. The monoisotopic (exact) mass is 492 g/mol. The molecule has 0 atom stereocenters. The second-order valence-corrected chi connectivity index (χ2v) is 9.68. The molecule has 0 radical (unpaired) electrons. The van der Waals surface area contributed by atoms with Crippen molar-refractivity contribution in [2.75, 3.05) is 0 Å². The Hall–Kier alpha value is -5.36. The maximum atomic E-state index is 12.6. The topological polar surface area (TPSA) is 89.3 Å². The number of nitro benzene ring substituents is 1. The molecule has 1 aliphatic heterocycles. The lowest BCUT2D eigenvalue weighted by Gasteiger charge is -2.21. The number of hydrogen-bond acceptors (Lipinski definition) is 4. The van der Waals surface area contributed by atoms with E-state index in [-0.39, 0.29) is 22.4 Å². The molecule has 38 heavy (non-hydrogen) atoms. The van der Waals surface area contributed by atoms with Crippen molar-refractivity contribution in [3.63, 3.8) is 0 Å². The summed E-state index contributed by atoms with van der Waals surface area (Å²) in [5, 5.41) is 23.3. The zero-order valence-corrected chi connectivity index (χ0v) is 19.7. The number of non-ortho nitro benzene ring substituents is 1. The van der Waals surface area contributed by atoms with E-state index in [2.05, 4.69) is 29.6 Å². The number of nitrogens with zero attached hydrogens (tertiary/aromatic N) is 1. The molecule has 8 rings (SSSR count). The Bertz CT molecular complexity index is 2160. The Morgan fingerprint density at radius 3 is 1.68 bits per heavy atom. The molecule has 0 aromatic heterocycles. The van der Waals surface area contributed by atoms with Crippen molar-refractivity contribution in [1.29, 1.82) is 0 Å². The van der Waals surface area contributed by atoms with Gasteiger partial charge in [0.15, 0.2) is 0 Å². The highest BCUT2D eigenvalue weighted by Gasteiger charge is 2.27. The fraction of sp³-hybridized carbons (Fsp3) is 0. The summed E-state index contributed by atoms with van der Waals surface area (Å²) >= 11 is 0. The Morgan fingerprint density at radius 2 is 0.974 bits per heavy atom. The van der Waals surface area contributed by atoms with Gasteiger partial charge in [0.05, 0.1) is 10.3 Å². The molecule has 1 heterocycles. The number of carbonyl (C=O) groups is 2. The Labute approximate surface area is 214 Å². The number of fused-ring (bicyclic) bond motifs is 3. The number of amides is 2. The largest absolute Gasteiger partial charge is 0.288 e. The first-order valence-electron chi connectivity index (χ1n) is 12.2. The van der Waals surface area contributed by atoms with E-state index in [4.69, 9.17) is 0 Å². The van der Waals surface area contributed by atoms with Crippen molar-refractivity contribution >= 4 is 71.4 Å². The summed E-state index contributed by atoms with van der Waals surface area (Å²) in [6, 6.07) is 28.7. The quantitative estimate of drug-likeness (QED) is 0.0898. The number of nitro groups is 1. The minimum Gasteiger partial charge on any atom is -0.288 e. The van der Waals surface area contributed by atoms with Crippen molar-refractivity contribution in [3.05, 3.63) is 112 Å². The van der Waals surface area contributed by atoms with Gasteiger partial charge in [-0.3, -0.25) is 25.0 Å². The van der Waals surface area contributed by atoms with E-state index in [1.807, 2.05) is 36.4 Å². The third-order valence-corrected chi connectivity index (χ3v) is 7.88. The summed E-state index contributed by atoms with van der Waals surface area (Å²) in [5.74, 6) is -0.758. The van der Waals surface area contributed by atoms with Crippen molar-refractivity contribution in [2.24, 2.45) is 0 Å². The smallest absolute Gasteiger partial charge is 0.277 e. The molecule has 7 aromatic carbocycles. The van der Waals surface area contributed by atoms with E-state index in [1.165, 1.54) is 6.07 Å². The van der Waals surface area contributed by atoms with Gasteiger partial charge >= 0.3 is 0 Å². The minimum absolute atomic E-state index is 0.0827. The molecule has 0 saturated carbocycles. The van der Waals surface area contributed by atoms with Crippen LogP contribution in [0.3, 0.4) is 0 Å². The standard InChI is InChI=1S/C32H16N2O4/c35-31-25-14-12-23-21-8-2-7-20-18(16-4-1-6-19-17(16)5-3-9-27(19)34(37)38)10-11-22(28(20)21)24-13-15-26(32(36)33-31)30(25)29(23)24/h1-15H,(H,33,35,36). The molecule has 0 fully saturated rings. The van der Waals surface area contributed by atoms with Crippen LogP contribution in [0.25, 0.3) is 65.0 Å². The van der Waals surface area contributed by atoms with Gasteiger partial charge in [0.25, 0.3) is 17.5 Å². The van der Waals surface area contributed by atoms with E-state index in [9.17, 15) is 19.7 Å². The highest BCUT2D eigenvalue weighted by Crippen LogP contribution is 2.46. The van der Waals surface area contributed by atoms with Crippen LogP contribution in [0.5, 0.6) is 0 Å². The van der Waals surface area contributed by atoms with Gasteiger partial charge in [-0.2, -0.15) is 0 Å². The zero-order valence-electron chi connectivity index (χ0n) is 19.7. The molecule has 6 heteroatoms. The fourth-order valence-electron chi connectivity index (χ4n) is 6.34. The van der Waals surface area contributed by atoms with Gasteiger partial charge in [-0.15, -0.1) is 0 Å². The van der Waals surface area contributed by atoms with E-state index >= 15 is 0 Å². The molecule has 0 aliphatic carbocycles. The highest BCUT2D eigenvalue weighted by atomic mass is 16.6. The average Bonchev–Trinajstić information content (AvgIpc) is 2.94. The summed E-state index contributed by atoms with van der Waals surface area (Å²) in [7, 11) is 0. The molecule has 1 N–H and O–H groups in total. The Kier molecular flexibility index (Phi) is 3.89. The van der Waals surface area contributed by atoms with Gasteiger partial charge < -0.3 is 0 Å². The Balaban J connectivity index is 1.53. The van der Waals surface area contributed by atoms with Crippen molar-refractivity contribution < 1.29 is 14.5 Å². The van der Waals surface area contributed by atoms with Gasteiger partial charge in [0, 0.05) is 22.6 Å². The minimum atomic E-state index is -0.379. The van der Waals surface area contributed by atoms with Crippen LogP contribution in [0, 0.1) is 10.1 Å². The molecule has 7 aromatic rings. The summed E-state index contributed by atoms with van der Waals surface area (Å²) in [6.45, 7) is 0. The second-order valence-electron chi connectivity index (χ2n) is 9.68. The molecular formula is C32H16N2O4. The molecule has 6 nitrogen and oxygen atoms in total. The number of benzene rings is 7. The zero-order chi connectivity index (χ0) is 25.7. The maximum absolute atomic E-state index is 12.6. The average molecular weight is 492 g/mol. The van der Waals surface area contributed by atoms with Crippen LogP contribution in [-0.2, 0) is 0 Å². The number of imide groups is 1. The first-order valence-corrected chi connectivity index (χ1v) is 12.2. The van der Waals surface area contributed by atoms with Crippen LogP contribution < -0.4 is 5.32 Å². The van der Waals surface area contributed by atoms with Gasteiger partial charge in [-0.05, 0) is 72.4 Å². The van der Waals surface area contributed by atoms with Crippen molar-refractivity contribution in [3.8, 4) is 11.1 Å². The molecular weight excluding hydrogens is 476 g/mol. The van der Waals surface area contributed by atoms with Crippen LogP contribution in [0.2, 0.25) is 0 Å². The number of carbonyl (C=O) groups excluding carboxylic acids is 2. The lowest BCUT2D eigenvalue weighted by Crippen LogP contribution is -2.34. The molecule has 1 aliphatic rings. The van der Waals surface area contributed by atoms with Gasteiger partial charge in [0.1, 0.15) is 0 Å². The van der Waals surface area contributed by atoms with Crippen LogP contribution in [0.4, 0.5) is 5.69 Å². The van der Waals surface area contributed by atoms with E-state index < -0.39 is 0 Å². The third kappa shape index (κ3) is 2.51. The van der Waals surface area contributed by atoms with Crippen molar-refractivity contribution in [1.82, 2.24) is 5.32 Å². The first kappa shape index (κ1) is 20.8. The van der Waals surface area contributed by atoms with Gasteiger partial charge in [-0.1, -0.05) is 66.7 Å². The fourth-order valence-corrected chi connectivity index (χ4v) is 6.34. The Morgan fingerprint density at radius 1 is 0.474 bits per heavy atom. The normalized spacial score (nSPS) is 13.3. The van der Waals surface area contributed by atoms with Crippen LogP contribution in [0.15, 0.2) is 91.0 Å². The van der Waals surface area contributed by atoms with Gasteiger partial charge in [-0.25, -0.2) is 0 Å². The van der Waals surface area contributed by atoms with Crippen LogP contribution in [0.1, 0.15) is 20.7 Å². The molecule has 0 unspecified atom stereocenters. The van der Waals surface area contributed by atoms with Crippen LogP contribution >= 0.6 is 0 Å². The van der Waals surface area contributed by atoms with Crippen molar-refractivity contribution in [2.45, 2.75) is 0 Å². The SMILES string of the molecule is O=C1NC(=O)c2ccc3c4ccc(-c5cccc6c([N+](=O)[O-])cccc56)c5cccc(c6ccc1c2c63)c54. The molecule has 178 valence electrons. The summed E-state index contributed by atoms with van der Waals surface area (Å²) in [4.78, 5) is 36.6. The number of hydrogen-bond donors (Lipinski definition) is 1. The molecule has 2 amide bonds. The first-order chi connectivity index (χ1) is 18.5. The summed E-state index contributed by atoms with van der Waals surface area (Å²) in [6.07, 6.45) is 0. The molecule has 0 saturated heterocycles. The summed E-state index contributed by atoms with van der Waals surface area (Å²) < 4.78 is 0. The molecule has 0 bridgehead atoms. The predicted molar refractivity (Wildman–Crippen MR) is 149 cm³/mol. The summed E-state index contributed by atoms with van der Waals surface area (Å²) in [5.41, 5.74) is 3.00. The van der Waals surface area contributed by atoms with Gasteiger partial charge in [0.2, 0.25) is 0 Å². The van der Waals surface area contributed by atoms with E-state index in [0.29, 0.717) is 21.9 Å². The van der Waals surface area contributed by atoms with Crippen LogP contribution in [-0.4, -0.2) is 16.7 Å². The predicted octanol–water partition coefficient (Wildman–Crippen LogP) is 7.35.